The van der Waals surface area contributed by atoms with Crippen LogP contribution in [0.2, 0.25) is 5.02 Å². The topological polar surface area (TPSA) is 30.7 Å². The molecule has 0 aliphatic rings. The summed E-state index contributed by atoms with van der Waals surface area (Å²) in [5.41, 5.74) is 2.27. The zero-order chi connectivity index (χ0) is 14.7. The second-order valence-corrected chi connectivity index (χ2v) is 5.10. The van der Waals surface area contributed by atoms with Gasteiger partial charge < -0.3 is 0 Å². The van der Waals surface area contributed by atoms with E-state index in [-0.39, 0.29) is 5.82 Å². The van der Waals surface area contributed by atoms with Crippen molar-refractivity contribution in [2.45, 2.75) is 12.8 Å². The number of para-hydroxylation sites is 1. The average Bonchev–Trinajstić information content (AvgIpc) is 2.97. The van der Waals surface area contributed by atoms with E-state index in [0.29, 0.717) is 23.4 Å². The van der Waals surface area contributed by atoms with Gasteiger partial charge in [0.2, 0.25) is 0 Å². The zero-order valence-corrected chi connectivity index (χ0v) is 12.0. The number of aromatic nitrogens is 3. The van der Waals surface area contributed by atoms with Crippen LogP contribution in [0.15, 0.2) is 54.7 Å². The molecule has 0 unspecified atom stereocenters. The SMILES string of the molecule is Fc1cccc(Cl)c1CCc1cn(-c2ccccc2)nn1. The quantitative estimate of drug-likeness (QED) is 0.733. The van der Waals surface area contributed by atoms with Crippen LogP contribution in [0.3, 0.4) is 0 Å². The Hall–Kier alpha value is -2.20. The molecule has 0 atom stereocenters. The van der Waals surface area contributed by atoms with E-state index in [1.807, 2.05) is 36.5 Å². The third-order valence-corrected chi connectivity index (χ3v) is 3.61. The Labute approximate surface area is 127 Å². The van der Waals surface area contributed by atoms with Gasteiger partial charge in [-0.3, -0.25) is 0 Å². The molecule has 0 radical (unpaired) electrons. The van der Waals surface area contributed by atoms with E-state index < -0.39 is 0 Å². The molecule has 3 rings (SSSR count). The second-order valence-electron chi connectivity index (χ2n) is 4.69. The Morgan fingerprint density at radius 1 is 1.00 bits per heavy atom. The predicted octanol–water partition coefficient (Wildman–Crippen LogP) is 3.85. The summed E-state index contributed by atoms with van der Waals surface area (Å²) in [5.74, 6) is -0.280. The predicted molar refractivity (Wildman–Crippen MR) is 80.2 cm³/mol. The van der Waals surface area contributed by atoms with E-state index in [1.165, 1.54) is 6.07 Å². The summed E-state index contributed by atoms with van der Waals surface area (Å²) in [4.78, 5) is 0. The number of halogens is 2. The van der Waals surface area contributed by atoms with E-state index in [9.17, 15) is 4.39 Å². The molecule has 0 saturated heterocycles. The highest BCUT2D eigenvalue weighted by Crippen LogP contribution is 2.20. The molecule has 0 fully saturated rings. The molecule has 5 heteroatoms. The number of rotatable bonds is 4. The van der Waals surface area contributed by atoms with Gasteiger partial charge in [0.25, 0.3) is 0 Å². The van der Waals surface area contributed by atoms with Crippen LogP contribution >= 0.6 is 11.6 Å². The van der Waals surface area contributed by atoms with Gasteiger partial charge in [-0.1, -0.05) is 41.1 Å². The Bertz CT molecular complexity index is 720. The van der Waals surface area contributed by atoms with Gasteiger partial charge in [-0.05, 0) is 37.1 Å². The molecule has 1 aromatic heterocycles. The fourth-order valence-corrected chi connectivity index (χ4v) is 2.40. The fourth-order valence-electron chi connectivity index (χ4n) is 2.14. The summed E-state index contributed by atoms with van der Waals surface area (Å²) < 4.78 is 15.4. The van der Waals surface area contributed by atoms with E-state index >= 15 is 0 Å². The molecular formula is C16H13ClFN3. The lowest BCUT2D eigenvalue weighted by Gasteiger charge is -2.03. The highest BCUT2D eigenvalue weighted by atomic mass is 35.5. The van der Waals surface area contributed by atoms with Crippen LogP contribution in [0.25, 0.3) is 5.69 Å². The minimum Gasteiger partial charge on any atom is -0.220 e. The van der Waals surface area contributed by atoms with Crippen molar-refractivity contribution >= 4 is 11.6 Å². The number of hydrogen-bond donors (Lipinski definition) is 0. The molecule has 1 heterocycles. The lowest BCUT2D eigenvalue weighted by molar-refractivity contribution is 0.608. The molecule has 0 amide bonds. The summed E-state index contributed by atoms with van der Waals surface area (Å²) in [6.07, 6.45) is 2.94. The summed E-state index contributed by atoms with van der Waals surface area (Å²) in [5, 5.41) is 8.65. The van der Waals surface area contributed by atoms with Crippen LogP contribution in [0.1, 0.15) is 11.3 Å². The molecule has 0 bridgehead atoms. The minimum absolute atomic E-state index is 0.280. The molecule has 21 heavy (non-hydrogen) atoms. The third kappa shape index (κ3) is 3.11. The van der Waals surface area contributed by atoms with Crippen molar-refractivity contribution in [3.05, 3.63) is 76.8 Å². The Morgan fingerprint density at radius 3 is 2.57 bits per heavy atom. The van der Waals surface area contributed by atoms with Crippen molar-refractivity contribution in [3.8, 4) is 5.69 Å². The highest BCUT2D eigenvalue weighted by molar-refractivity contribution is 6.31. The Kier molecular flexibility index (Phi) is 3.97. The van der Waals surface area contributed by atoms with Crippen molar-refractivity contribution in [2.24, 2.45) is 0 Å². The first kappa shape index (κ1) is 13.8. The average molecular weight is 302 g/mol. The third-order valence-electron chi connectivity index (χ3n) is 3.25. The van der Waals surface area contributed by atoms with Crippen molar-refractivity contribution in [2.75, 3.05) is 0 Å². The normalized spacial score (nSPS) is 10.8. The lowest BCUT2D eigenvalue weighted by atomic mass is 10.1. The molecule has 0 aliphatic heterocycles. The molecule has 106 valence electrons. The maximum absolute atomic E-state index is 13.7. The van der Waals surface area contributed by atoms with Gasteiger partial charge in [-0.15, -0.1) is 5.10 Å². The molecule has 3 aromatic rings. The smallest absolute Gasteiger partial charge is 0.127 e. The number of aryl methyl sites for hydroxylation is 1. The monoisotopic (exact) mass is 301 g/mol. The van der Waals surface area contributed by atoms with Gasteiger partial charge in [-0.25, -0.2) is 9.07 Å². The number of hydrogen-bond acceptors (Lipinski definition) is 2. The van der Waals surface area contributed by atoms with E-state index in [4.69, 9.17) is 11.6 Å². The number of benzene rings is 2. The van der Waals surface area contributed by atoms with Crippen molar-refractivity contribution in [3.63, 3.8) is 0 Å². The van der Waals surface area contributed by atoms with Crippen LogP contribution in [0, 0.1) is 5.82 Å². The van der Waals surface area contributed by atoms with E-state index in [0.717, 1.165) is 11.4 Å². The largest absolute Gasteiger partial charge is 0.220 e. The maximum atomic E-state index is 13.7. The summed E-state index contributed by atoms with van der Waals surface area (Å²) in [6.45, 7) is 0. The van der Waals surface area contributed by atoms with Gasteiger partial charge in [0.15, 0.2) is 0 Å². The zero-order valence-electron chi connectivity index (χ0n) is 11.2. The van der Waals surface area contributed by atoms with Gasteiger partial charge >= 0.3 is 0 Å². The van der Waals surface area contributed by atoms with Crippen LogP contribution in [0.5, 0.6) is 0 Å². The summed E-state index contributed by atoms with van der Waals surface area (Å²) >= 11 is 6.02. The van der Waals surface area contributed by atoms with Gasteiger partial charge in [0, 0.05) is 10.6 Å². The first-order valence-corrected chi connectivity index (χ1v) is 7.01. The van der Waals surface area contributed by atoms with Crippen molar-refractivity contribution in [1.82, 2.24) is 15.0 Å². The molecule has 0 spiro atoms. The van der Waals surface area contributed by atoms with Crippen LogP contribution < -0.4 is 0 Å². The van der Waals surface area contributed by atoms with Crippen molar-refractivity contribution in [1.29, 1.82) is 0 Å². The van der Waals surface area contributed by atoms with Gasteiger partial charge in [-0.2, -0.15) is 0 Å². The van der Waals surface area contributed by atoms with Crippen LogP contribution in [0.4, 0.5) is 4.39 Å². The molecule has 0 N–H and O–H groups in total. The van der Waals surface area contributed by atoms with Crippen LogP contribution in [-0.2, 0) is 12.8 Å². The Balaban J connectivity index is 1.74. The molecule has 2 aromatic carbocycles. The van der Waals surface area contributed by atoms with Gasteiger partial charge in [0.05, 0.1) is 17.6 Å². The second kappa shape index (κ2) is 6.06. The molecular weight excluding hydrogens is 289 g/mol. The maximum Gasteiger partial charge on any atom is 0.127 e. The van der Waals surface area contributed by atoms with Gasteiger partial charge in [0.1, 0.15) is 5.82 Å². The fraction of sp³-hybridized carbons (Fsp3) is 0.125. The first-order valence-electron chi connectivity index (χ1n) is 6.63. The Morgan fingerprint density at radius 2 is 1.81 bits per heavy atom. The van der Waals surface area contributed by atoms with E-state index in [2.05, 4.69) is 10.3 Å². The van der Waals surface area contributed by atoms with E-state index in [1.54, 1.807) is 16.8 Å². The molecule has 0 saturated carbocycles. The molecule has 3 nitrogen and oxygen atoms in total. The summed E-state index contributed by atoms with van der Waals surface area (Å²) in [7, 11) is 0. The first-order chi connectivity index (χ1) is 10.2. The van der Waals surface area contributed by atoms with Crippen molar-refractivity contribution < 1.29 is 4.39 Å². The molecule has 0 aliphatic carbocycles. The van der Waals surface area contributed by atoms with Crippen LogP contribution in [-0.4, -0.2) is 15.0 Å². The highest BCUT2D eigenvalue weighted by Gasteiger charge is 2.09. The lowest BCUT2D eigenvalue weighted by Crippen LogP contribution is -1.96. The number of nitrogens with zero attached hydrogens (tertiary/aromatic N) is 3. The summed E-state index contributed by atoms with van der Waals surface area (Å²) in [6, 6.07) is 14.4. The minimum atomic E-state index is -0.280. The standard InChI is InChI=1S/C16H13ClFN3/c17-15-7-4-8-16(18)14(15)10-9-12-11-21(20-19-12)13-5-2-1-3-6-13/h1-8,11H,9-10H2.